The van der Waals surface area contributed by atoms with E-state index < -0.39 is 9.84 Å². The Morgan fingerprint density at radius 1 is 1.31 bits per heavy atom. The molecule has 0 heterocycles. The van der Waals surface area contributed by atoms with Crippen molar-refractivity contribution in [2.24, 2.45) is 0 Å². The van der Waals surface area contributed by atoms with Crippen LogP contribution in [-0.4, -0.2) is 20.7 Å². The Kier molecular flexibility index (Phi) is 4.35. The van der Waals surface area contributed by atoms with Crippen LogP contribution in [0.4, 0.5) is 0 Å². The third-order valence-electron chi connectivity index (χ3n) is 2.61. The molecule has 16 heavy (non-hydrogen) atoms. The summed E-state index contributed by atoms with van der Waals surface area (Å²) in [5.74, 6) is 0. The first-order valence-electron chi connectivity index (χ1n) is 5.12. The molecule has 0 spiro atoms. The molecule has 0 radical (unpaired) electrons. The van der Waals surface area contributed by atoms with E-state index in [1.54, 1.807) is 12.1 Å². The Morgan fingerprint density at radius 3 is 2.50 bits per heavy atom. The van der Waals surface area contributed by atoms with Gasteiger partial charge in [-0.2, -0.15) is 0 Å². The Bertz CT molecular complexity index is 455. The van der Waals surface area contributed by atoms with Gasteiger partial charge in [0.15, 0.2) is 9.84 Å². The van der Waals surface area contributed by atoms with Gasteiger partial charge in [-0.25, -0.2) is 8.42 Å². The van der Waals surface area contributed by atoms with Crippen molar-refractivity contribution in [1.29, 1.82) is 0 Å². The highest BCUT2D eigenvalue weighted by atomic mass is 35.5. The van der Waals surface area contributed by atoms with Crippen LogP contribution in [0.1, 0.15) is 18.4 Å². The zero-order chi connectivity index (χ0) is 10.9. The van der Waals surface area contributed by atoms with Crippen LogP contribution in [0, 0.1) is 0 Å². The van der Waals surface area contributed by atoms with Gasteiger partial charge in [0.25, 0.3) is 0 Å². The zero-order valence-electron chi connectivity index (χ0n) is 9.14. The molecule has 1 aromatic carbocycles. The molecule has 1 aromatic rings. The number of benzene rings is 1. The number of hydrogen-bond donors (Lipinski definition) is 1. The smallest absolute Gasteiger partial charge is 0.181 e. The fraction of sp³-hybridized carbons (Fsp3) is 0.455. The van der Waals surface area contributed by atoms with Crippen LogP contribution in [0.25, 0.3) is 0 Å². The van der Waals surface area contributed by atoms with Gasteiger partial charge >= 0.3 is 0 Å². The van der Waals surface area contributed by atoms with Gasteiger partial charge < -0.3 is 5.32 Å². The van der Waals surface area contributed by atoms with Gasteiger partial charge in [0.05, 0.1) is 10.1 Å². The Balaban J connectivity index is 0.00000128. The van der Waals surface area contributed by atoms with Crippen LogP contribution in [0.5, 0.6) is 0 Å². The minimum absolute atomic E-state index is 0. The van der Waals surface area contributed by atoms with E-state index >= 15 is 0 Å². The zero-order valence-corrected chi connectivity index (χ0v) is 10.8. The average Bonchev–Trinajstić information content (AvgIpc) is 3.02. The van der Waals surface area contributed by atoms with E-state index in [9.17, 15) is 8.42 Å². The van der Waals surface area contributed by atoms with E-state index in [2.05, 4.69) is 5.32 Å². The molecule has 90 valence electrons. The van der Waals surface area contributed by atoms with E-state index in [0.29, 0.717) is 11.4 Å². The lowest BCUT2D eigenvalue weighted by atomic mass is 10.2. The first-order valence-corrected chi connectivity index (χ1v) is 6.67. The van der Waals surface area contributed by atoms with Crippen LogP contribution in [0.3, 0.4) is 0 Å². The maximum Gasteiger partial charge on any atom is 0.181 e. The van der Waals surface area contributed by atoms with Gasteiger partial charge in [0.1, 0.15) is 0 Å². The van der Waals surface area contributed by atoms with Crippen molar-refractivity contribution in [2.75, 3.05) is 7.05 Å². The summed E-state index contributed by atoms with van der Waals surface area (Å²) >= 11 is 0. The van der Waals surface area contributed by atoms with Gasteiger partial charge in [0, 0.05) is 6.54 Å². The summed E-state index contributed by atoms with van der Waals surface area (Å²) in [6.45, 7) is 0.599. The quantitative estimate of drug-likeness (QED) is 0.899. The standard InChI is InChI=1S/C11H15NO2S.ClH/c1-12-8-9-4-2-3-5-11(9)15(13,14)10-6-7-10;/h2-5,10,12H,6-8H2,1H3;1H. The van der Waals surface area contributed by atoms with Gasteiger partial charge in [-0.3, -0.25) is 0 Å². The third kappa shape index (κ3) is 2.56. The Labute approximate surface area is 103 Å². The first-order chi connectivity index (χ1) is 7.16. The monoisotopic (exact) mass is 261 g/mol. The summed E-state index contributed by atoms with van der Waals surface area (Å²) < 4.78 is 24.1. The van der Waals surface area contributed by atoms with Gasteiger partial charge in [-0.15, -0.1) is 12.4 Å². The predicted octanol–water partition coefficient (Wildman–Crippen LogP) is 1.76. The van der Waals surface area contributed by atoms with Crippen LogP contribution in [-0.2, 0) is 16.4 Å². The highest BCUT2D eigenvalue weighted by Crippen LogP contribution is 2.34. The number of nitrogens with one attached hydrogen (secondary N) is 1. The number of rotatable bonds is 4. The molecule has 0 atom stereocenters. The van der Waals surface area contributed by atoms with Crippen molar-refractivity contribution in [3.05, 3.63) is 29.8 Å². The molecule has 0 aromatic heterocycles. The van der Waals surface area contributed by atoms with Crippen molar-refractivity contribution in [3.63, 3.8) is 0 Å². The van der Waals surface area contributed by atoms with Gasteiger partial charge in [0.2, 0.25) is 0 Å². The molecule has 0 amide bonds. The topological polar surface area (TPSA) is 46.2 Å². The molecule has 0 bridgehead atoms. The summed E-state index contributed by atoms with van der Waals surface area (Å²) in [7, 11) is -1.24. The van der Waals surface area contributed by atoms with Crippen molar-refractivity contribution in [2.45, 2.75) is 29.5 Å². The van der Waals surface area contributed by atoms with Crippen molar-refractivity contribution in [1.82, 2.24) is 5.32 Å². The third-order valence-corrected chi connectivity index (χ3v) is 4.97. The molecule has 5 heteroatoms. The number of sulfone groups is 1. The second-order valence-electron chi connectivity index (χ2n) is 3.88. The highest BCUT2D eigenvalue weighted by molar-refractivity contribution is 7.92. The lowest BCUT2D eigenvalue weighted by Crippen LogP contribution is -2.13. The lowest BCUT2D eigenvalue weighted by Gasteiger charge is -2.08. The minimum Gasteiger partial charge on any atom is -0.316 e. The Morgan fingerprint density at radius 2 is 1.94 bits per heavy atom. The maximum atomic E-state index is 12.1. The van der Waals surface area contributed by atoms with Crippen molar-refractivity contribution >= 4 is 22.2 Å². The fourth-order valence-electron chi connectivity index (χ4n) is 1.68. The highest BCUT2D eigenvalue weighted by Gasteiger charge is 2.37. The van der Waals surface area contributed by atoms with Crippen LogP contribution < -0.4 is 5.32 Å². The molecule has 0 aliphatic heterocycles. The first kappa shape index (κ1) is 13.5. The normalized spacial score (nSPS) is 15.6. The molecule has 2 rings (SSSR count). The molecule has 1 fully saturated rings. The largest absolute Gasteiger partial charge is 0.316 e. The predicted molar refractivity (Wildman–Crippen MR) is 66.7 cm³/mol. The number of hydrogen-bond acceptors (Lipinski definition) is 3. The number of halogens is 1. The maximum absolute atomic E-state index is 12.1. The van der Waals surface area contributed by atoms with Gasteiger partial charge in [-0.05, 0) is 31.5 Å². The molecular weight excluding hydrogens is 246 g/mol. The molecule has 0 unspecified atom stereocenters. The summed E-state index contributed by atoms with van der Waals surface area (Å²) in [5.41, 5.74) is 0.868. The van der Waals surface area contributed by atoms with E-state index in [-0.39, 0.29) is 17.7 Å². The molecule has 1 aliphatic carbocycles. The van der Waals surface area contributed by atoms with Crippen LogP contribution in [0.2, 0.25) is 0 Å². The minimum atomic E-state index is -3.06. The molecule has 3 nitrogen and oxygen atoms in total. The molecule has 0 saturated heterocycles. The molecular formula is C11H16ClNO2S. The fourth-order valence-corrected chi connectivity index (χ4v) is 3.57. The summed E-state index contributed by atoms with van der Waals surface area (Å²) in [4.78, 5) is 0.502. The van der Waals surface area contributed by atoms with Crippen molar-refractivity contribution in [3.8, 4) is 0 Å². The van der Waals surface area contributed by atoms with E-state index in [0.717, 1.165) is 18.4 Å². The summed E-state index contributed by atoms with van der Waals surface area (Å²) in [6, 6.07) is 7.24. The Hall–Kier alpha value is -0.580. The second-order valence-corrected chi connectivity index (χ2v) is 6.08. The summed E-state index contributed by atoms with van der Waals surface area (Å²) in [5, 5.41) is 2.86. The van der Waals surface area contributed by atoms with E-state index in [4.69, 9.17) is 0 Å². The molecule has 1 N–H and O–H groups in total. The van der Waals surface area contributed by atoms with Crippen LogP contribution in [0.15, 0.2) is 29.2 Å². The second kappa shape index (κ2) is 5.17. The average molecular weight is 262 g/mol. The molecule has 1 saturated carbocycles. The SMILES string of the molecule is CNCc1ccccc1S(=O)(=O)C1CC1.Cl. The van der Waals surface area contributed by atoms with Crippen molar-refractivity contribution < 1.29 is 8.42 Å². The van der Waals surface area contributed by atoms with E-state index in [1.165, 1.54) is 0 Å². The van der Waals surface area contributed by atoms with Crippen LogP contribution >= 0.6 is 12.4 Å². The summed E-state index contributed by atoms with van der Waals surface area (Å²) in [6.07, 6.45) is 1.63. The van der Waals surface area contributed by atoms with Gasteiger partial charge in [-0.1, -0.05) is 18.2 Å². The molecule has 1 aliphatic rings. The lowest BCUT2D eigenvalue weighted by molar-refractivity contribution is 0.593. The van der Waals surface area contributed by atoms with E-state index in [1.807, 2.05) is 19.2 Å².